The molecule has 0 aromatic carbocycles. The highest BCUT2D eigenvalue weighted by atomic mass is 15.0. The molecule has 0 aromatic heterocycles. The van der Waals surface area contributed by atoms with Gasteiger partial charge in [0, 0.05) is 12.1 Å². The first-order chi connectivity index (χ1) is 8.78. The van der Waals surface area contributed by atoms with Gasteiger partial charge in [0.25, 0.3) is 0 Å². The molecule has 2 heteroatoms. The number of nitrogens with two attached hydrogens (primary N) is 1. The fraction of sp³-hybridized carbons (Fsp3) is 0.875. The Bertz CT molecular complexity index is 293. The average Bonchev–Trinajstić information content (AvgIpc) is 2.37. The third-order valence-corrected chi connectivity index (χ3v) is 5.93. The van der Waals surface area contributed by atoms with E-state index in [0.717, 1.165) is 43.2 Å². The zero-order valence-corrected chi connectivity index (χ0v) is 11.7. The molecule has 4 fully saturated rings. The summed E-state index contributed by atoms with van der Waals surface area (Å²) in [6, 6.07) is 0. The van der Waals surface area contributed by atoms with Crippen molar-refractivity contribution >= 4 is 0 Å². The van der Waals surface area contributed by atoms with Crippen LogP contribution in [0.15, 0.2) is 12.2 Å². The quantitative estimate of drug-likeness (QED) is 0.580. The first-order valence-corrected chi connectivity index (χ1v) is 7.84. The van der Waals surface area contributed by atoms with Crippen molar-refractivity contribution in [2.45, 2.75) is 51.0 Å². The highest BCUT2D eigenvalue weighted by Gasteiger charge is 2.56. The summed E-state index contributed by atoms with van der Waals surface area (Å²) in [6.07, 6.45) is 12.8. The molecule has 18 heavy (non-hydrogen) atoms. The van der Waals surface area contributed by atoms with Crippen LogP contribution in [0.25, 0.3) is 0 Å². The molecule has 0 aromatic rings. The molecule has 2 nitrogen and oxygen atoms in total. The smallest absolute Gasteiger partial charge is 0.0361 e. The van der Waals surface area contributed by atoms with Gasteiger partial charge in [-0.3, -0.25) is 0 Å². The Hall–Kier alpha value is -0.340. The zero-order chi connectivity index (χ0) is 12.6. The number of nitrogens with one attached hydrogen (secondary N) is 1. The van der Waals surface area contributed by atoms with E-state index < -0.39 is 0 Å². The van der Waals surface area contributed by atoms with E-state index in [1.807, 2.05) is 0 Å². The summed E-state index contributed by atoms with van der Waals surface area (Å²) in [5.41, 5.74) is 6.51. The van der Waals surface area contributed by atoms with Crippen molar-refractivity contribution in [1.82, 2.24) is 5.32 Å². The van der Waals surface area contributed by atoms with Gasteiger partial charge in [0.05, 0.1) is 0 Å². The Labute approximate surface area is 111 Å². The molecule has 0 aliphatic heterocycles. The van der Waals surface area contributed by atoms with Crippen LogP contribution in [0.1, 0.15) is 45.4 Å². The van der Waals surface area contributed by atoms with Crippen LogP contribution < -0.4 is 11.1 Å². The first-order valence-electron chi connectivity index (χ1n) is 7.84. The van der Waals surface area contributed by atoms with Crippen LogP contribution >= 0.6 is 0 Å². The molecule has 4 rings (SSSR count). The van der Waals surface area contributed by atoms with Gasteiger partial charge in [0.1, 0.15) is 0 Å². The van der Waals surface area contributed by atoms with E-state index in [0.29, 0.717) is 0 Å². The number of hydrogen-bond acceptors (Lipinski definition) is 2. The van der Waals surface area contributed by atoms with E-state index in [-0.39, 0.29) is 5.54 Å². The van der Waals surface area contributed by atoms with Crippen LogP contribution in [-0.2, 0) is 0 Å². The molecule has 0 spiro atoms. The van der Waals surface area contributed by atoms with E-state index in [2.05, 4.69) is 24.4 Å². The van der Waals surface area contributed by atoms with Crippen molar-refractivity contribution in [2.24, 2.45) is 29.4 Å². The molecule has 0 saturated heterocycles. The Morgan fingerprint density at radius 3 is 2.22 bits per heavy atom. The lowest BCUT2D eigenvalue weighted by atomic mass is 9.48. The predicted octanol–water partition coefficient (Wildman–Crippen LogP) is 2.70. The third kappa shape index (κ3) is 1.94. The van der Waals surface area contributed by atoms with Crippen molar-refractivity contribution in [2.75, 3.05) is 13.1 Å². The van der Waals surface area contributed by atoms with Gasteiger partial charge >= 0.3 is 0 Å². The highest BCUT2D eigenvalue weighted by molar-refractivity contribution is 5.11. The summed E-state index contributed by atoms with van der Waals surface area (Å²) in [4.78, 5) is 0. The molecule has 0 heterocycles. The number of allylic oxidation sites excluding steroid dienone is 1. The van der Waals surface area contributed by atoms with Gasteiger partial charge in [0.15, 0.2) is 0 Å². The van der Waals surface area contributed by atoms with Crippen LogP contribution in [0.2, 0.25) is 0 Å². The van der Waals surface area contributed by atoms with Crippen LogP contribution in [0.3, 0.4) is 0 Å². The van der Waals surface area contributed by atoms with Crippen LogP contribution in [-0.4, -0.2) is 18.6 Å². The Morgan fingerprint density at radius 1 is 1.11 bits per heavy atom. The molecule has 102 valence electrons. The fourth-order valence-electron chi connectivity index (χ4n) is 5.27. The van der Waals surface area contributed by atoms with E-state index in [1.54, 1.807) is 0 Å². The molecule has 4 bridgehead atoms. The summed E-state index contributed by atoms with van der Waals surface area (Å²) in [7, 11) is 0. The molecule has 0 unspecified atom stereocenters. The fourth-order valence-corrected chi connectivity index (χ4v) is 5.27. The van der Waals surface area contributed by atoms with E-state index in [9.17, 15) is 0 Å². The monoisotopic (exact) mass is 248 g/mol. The Balaban J connectivity index is 1.70. The number of rotatable bonds is 5. The highest BCUT2D eigenvalue weighted by Crippen LogP contribution is 2.57. The molecule has 3 N–H and O–H groups in total. The minimum atomic E-state index is 0.287. The van der Waals surface area contributed by atoms with E-state index in [1.165, 1.54) is 32.1 Å². The second-order valence-electron chi connectivity index (χ2n) is 6.83. The minimum absolute atomic E-state index is 0.287. The normalized spacial score (nSPS) is 46.1. The van der Waals surface area contributed by atoms with Crippen molar-refractivity contribution in [3.63, 3.8) is 0 Å². The van der Waals surface area contributed by atoms with Gasteiger partial charge in [-0.05, 0) is 75.7 Å². The molecule has 0 amide bonds. The average molecular weight is 248 g/mol. The molecule has 4 aliphatic carbocycles. The lowest BCUT2D eigenvalue weighted by Crippen LogP contribution is -2.68. The minimum Gasteiger partial charge on any atom is -0.329 e. The van der Waals surface area contributed by atoms with Crippen molar-refractivity contribution < 1.29 is 0 Å². The summed E-state index contributed by atoms with van der Waals surface area (Å²) in [5.74, 6) is 3.79. The second-order valence-corrected chi connectivity index (χ2v) is 6.83. The maximum absolute atomic E-state index is 6.22. The van der Waals surface area contributed by atoms with Gasteiger partial charge < -0.3 is 11.1 Å². The van der Waals surface area contributed by atoms with E-state index in [4.69, 9.17) is 5.73 Å². The predicted molar refractivity (Wildman–Crippen MR) is 76.3 cm³/mol. The molecule has 0 atom stereocenters. The zero-order valence-electron chi connectivity index (χ0n) is 11.7. The lowest BCUT2D eigenvalue weighted by Gasteiger charge is -2.61. The van der Waals surface area contributed by atoms with Gasteiger partial charge in [-0.15, -0.1) is 0 Å². The molecule has 4 aliphatic rings. The summed E-state index contributed by atoms with van der Waals surface area (Å²) >= 11 is 0. The summed E-state index contributed by atoms with van der Waals surface area (Å²) in [6.45, 7) is 4.04. The van der Waals surface area contributed by atoms with Gasteiger partial charge in [-0.2, -0.15) is 0 Å². The van der Waals surface area contributed by atoms with Gasteiger partial charge in [0.2, 0.25) is 0 Å². The molecule has 0 radical (unpaired) electrons. The maximum Gasteiger partial charge on any atom is 0.0361 e. The van der Waals surface area contributed by atoms with Crippen molar-refractivity contribution in [1.29, 1.82) is 0 Å². The lowest BCUT2D eigenvalue weighted by molar-refractivity contribution is -0.0688. The Morgan fingerprint density at radius 2 is 1.72 bits per heavy atom. The SMILES string of the molecule is C/C=C/CCNC1(CN)C2CC3CC(C2)CC1C3. The van der Waals surface area contributed by atoms with Crippen molar-refractivity contribution in [3.05, 3.63) is 12.2 Å². The van der Waals surface area contributed by atoms with Crippen LogP contribution in [0.5, 0.6) is 0 Å². The molecular weight excluding hydrogens is 220 g/mol. The number of hydrogen-bond donors (Lipinski definition) is 2. The third-order valence-electron chi connectivity index (χ3n) is 5.93. The van der Waals surface area contributed by atoms with Crippen LogP contribution in [0, 0.1) is 23.7 Å². The van der Waals surface area contributed by atoms with Gasteiger partial charge in [-0.1, -0.05) is 12.2 Å². The van der Waals surface area contributed by atoms with Crippen LogP contribution in [0.4, 0.5) is 0 Å². The molecule has 4 saturated carbocycles. The first kappa shape index (κ1) is 12.7. The summed E-state index contributed by atoms with van der Waals surface area (Å²) < 4.78 is 0. The second kappa shape index (κ2) is 4.97. The van der Waals surface area contributed by atoms with E-state index >= 15 is 0 Å². The van der Waals surface area contributed by atoms with Crippen molar-refractivity contribution in [3.8, 4) is 0 Å². The Kier molecular flexibility index (Phi) is 3.50. The summed E-state index contributed by atoms with van der Waals surface area (Å²) in [5, 5.41) is 3.89. The molecular formula is C16H28N2. The maximum atomic E-state index is 6.22. The largest absolute Gasteiger partial charge is 0.329 e. The van der Waals surface area contributed by atoms with Gasteiger partial charge in [-0.25, -0.2) is 0 Å². The topological polar surface area (TPSA) is 38.0 Å². The standard InChI is InChI=1S/C16H28N2/c1-2-3-4-5-18-16(11-17)14-7-12-6-13(9-14)10-15(16)8-12/h2-3,12-15,18H,4-11,17H2,1H3/b3-2+.